The van der Waals surface area contributed by atoms with Crippen molar-refractivity contribution in [2.45, 2.75) is 12.1 Å². The Balaban J connectivity index is 2.47. The summed E-state index contributed by atoms with van der Waals surface area (Å²) in [5, 5.41) is 0.856. The molecule has 6 heteroatoms. The molecule has 1 heterocycles. The van der Waals surface area contributed by atoms with Gasteiger partial charge in [0.25, 0.3) is 0 Å². The predicted molar refractivity (Wildman–Crippen MR) is 82.2 cm³/mol. The molecule has 0 fully saturated rings. The number of nitrogens with one attached hydrogen (secondary N) is 2. The van der Waals surface area contributed by atoms with Gasteiger partial charge in [0.1, 0.15) is 0 Å². The summed E-state index contributed by atoms with van der Waals surface area (Å²) in [5.74, 6) is 0. The number of aromatic amines is 1. The Morgan fingerprint density at radius 1 is 1.40 bits per heavy atom. The van der Waals surface area contributed by atoms with Crippen LogP contribution in [0.2, 0.25) is 0 Å². The second-order valence-electron chi connectivity index (χ2n) is 4.94. The first-order valence-corrected chi connectivity index (χ1v) is 7.85. The van der Waals surface area contributed by atoms with Crippen molar-refractivity contribution in [3.8, 4) is 0 Å². The van der Waals surface area contributed by atoms with Crippen molar-refractivity contribution in [2.24, 2.45) is 0 Å². The number of nitrogens with zero attached hydrogens (tertiary/aromatic N) is 1. The van der Waals surface area contributed by atoms with E-state index in [0.717, 1.165) is 29.4 Å². The summed E-state index contributed by atoms with van der Waals surface area (Å²) in [6.45, 7) is 0.860. The number of hydrogen-bond donors (Lipinski definition) is 2. The Hall–Kier alpha value is -1.37. The molecule has 1 aromatic heterocycles. The van der Waals surface area contributed by atoms with E-state index in [1.807, 2.05) is 20.3 Å². The highest BCUT2D eigenvalue weighted by Gasteiger charge is 2.11. The first kappa shape index (κ1) is 12.4. The van der Waals surface area contributed by atoms with Gasteiger partial charge in [-0.05, 0) is 50.8 Å². The van der Waals surface area contributed by atoms with Crippen molar-refractivity contribution in [3.63, 3.8) is 0 Å². The van der Waals surface area contributed by atoms with Crippen LogP contribution in [0.4, 0.5) is 0 Å². The summed E-state index contributed by atoms with van der Waals surface area (Å²) in [6, 6.07) is 4.84. The molecule has 0 radical (unpaired) electrons. The van der Waals surface area contributed by atoms with Gasteiger partial charge >= 0.3 is 0 Å². The Labute approximate surface area is 122 Å². The van der Waals surface area contributed by atoms with Gasteiger partial charge in [-0.1, -0.05) is 6.07 Å². The van der Waals surface area contributed by atoms with Gasteiger partial charge in [0.2, 0.25) is 10.0 Å². The Morgan fingerprint density at radius 3 is 2.80 bits per heavy atom. The third-order valence-corrected chi connectivity index (χ3v) is 4.16. The summed E-state index contributed by atoms with van der Waals surface area (Å²) < 4.78 is 41.7. The topological polar surface area (TPSA) is 65.2 Å². The average molecular weight is 297 g/mol. The molecule has 0 aliphatic carbocycles. The lowest BCUT2D eigenvalue weighted by Gasteiger charge is -2.08. The van der Waals surface area contributed by atoms with E-state index in [-0.39, 0.29) is 5.56 Å². The van der Waals surface area contributed by atoms with Gasteiger partial charge in [-0.25, -0.2) is 13.1 Å². The minimum atomic E-state index is -4.08. The summed E-state index contributed by atoms with van der Waals surface area (Å²) in [4.78, 5) is 5.20. The monoisotopic (exact) mass is 297 g/mol. The number of aromatic nitrogens is 1. The Morgan fingerprint density at radius 2 is 2.15 bits per heavy atom. The number of rotatable bonds is 6. The normalized spacial score (nSPS) is 14.6. The highest BCUT2D eigenvalue weighted by atomic mass is 32.2. The summed E-state index contributed by atoms with van der Waals surface area (Å²) in [7, 11) is 1.11. The van der Waals surface area contributed by atoms with Crippen molar-refractivity contribution in [3.05, 3.63) is 35.5 Å². The maximum absolute atomic E-state index is 11.9. The highest BCUT2D eigenvalue weighted by Crippen LogP contribution is 2.21. The number of hydrogen-bond acceptors (Lipinski definition) is 3. The molecule has 0 aliphatic rings. The molecule has 0 saturated heterocycles. The molecule has 2 aromatic rings. The standard InChI is InChI=1S/C14H21N3O2S/c1-15-20(18,19)10-11-4-5-14-13(8-11)12(9-16-14)6-7-17(2)3/h4-5,8-9,15-16H,6-7,10H2,1-3H3/i10D2. The molecule has 0 spiro atoms. The molecular weight excluding hydrogens is 274 g/mol. The van der Waals surface area contributed by atoms with Crippen LogP contribution >= 0.6 is 0 Å². The summed E-state index contributed by atoms with van der Waals surface area (Å²) >= 11 is 0. The van der Waals surface area contributed by atoms with Gasteiger partial charge in [0.15, 0.2) is 0 Å². The summed E-state index contributed by atoms with van der Waals surface area (Å²) in [6.07, 6.45) is 2.69. The number of H-pyrrole nitrogens is 1. The number of fused-ring (bicyclic) bond motifs is 1. The maximum Gasteiger partial charge on any atom is 0.215 e. The maximum atomic E-state index is 11.9. The van der Waals surface area contributed by atoms with Crippen molar-refractivity contribution in [1.82, 2.24) is 14.6 Å². The molecule has 2 N–H and O–H groups in total. The zero-order chi connectivity index (χ0) is 16.5. The molecule has 110 valence electrons. The van der Waals surface area contributed by atoms with Crippen LogP contribution in [0.3, 0.4) is 0 Å². The predicted octanol–water partition coefficient (Wildman–Crippen LogP) is 1.32. The molecule has 0 unspecified atom stereocenters. The third kappa shape index (κ3) is 3.59. The third-order valence-electron chi connectivity index (χ3n) is 3.12. The van der Waals surface area contributed by atoms with E-state index >= 15 is 0 Å². The first-order chi connectivity index (χ1) is 10.2. The van der Waals surface area contributed by atoms with Crippen LogP contribution in [-0.4, -0.2) is 46.0 Å². The molecule has 20 heavy (non-hydrogen) atoms. The van der Waals surface area contributed by atoms with Crippen LogP contribution in [-0.2, 0) is 22.1 Å². The molecular formula is C14H21N3O2S. The van der Waals surface area contributed by atoms with Crippen LogP contribution in [0.15, 0.2) is 24.4 Å². The fourth-order valence-electron chi connectivity index (χ4n) is 2.00. The quantitative estimate of drug-likeness (QED) is 0.845. The van der Waals surface area contributed by atoms with Crippen molar-refractivity contribution >= 4 is 20.9 Å². The van der Waals surface area contributed by atoms with Crippen LogP contribution in [0, 0.1) is 0 Å². The molecule has 5 nitrogen and oxygen atoms in total. The molecule has 0 bridgehead atoms. The van der Waals surface area contributed by atoms with Crippen molar-refractivity contribution in [1.29, 1.82) is 0 Å². The van der Waals surface area contributed by atoms with Gasteiger partial charge in [-0.15, -0.1) is 0 Å². The van der Waals surface area contributed by atoms with Crippen molar-refractivity contribution in [2.75, 3.05) is 27.7 Å². The van der Waals surface area contributed by atoms with Crippen LogP contribution in [0.25, 0.3) is 10.9 Å². The molecule has 2 rings (SSSR count). The second-order valence-corrected chi connectivity index (χ2v) is 6.56. The number of likely N-dealkylation sites (N-methyl/N-ethyl adjacent to an activating group) is 1. The van der Waals surface area contributed by atoms with Gasteiger partial charge in [-0.2, -0.15) is 0 Å². The van der Waals surface area contributed by atoms with Gasteiger partial charge in [0.05, 0.1) is 5.70 Å². The minimum absolute atomic E-state index is 0.125. The van der Waals surface area contributed by atoms with Gasteiger partial charge in [-0.3, -0.25) is 0 Å². The lowest BCUT2D eigenvalue weighted by Crippen LogP contribution is -2.20. The Kier molecular flexibility index (Phi) is 3.68. The van der Waals surface area contributed by atoms with E-state index in [0.29, 0.717) is 0 Å². The minimum Gasteiger partial charge on any atom is -0.361 e. The second kappa shape index (κ2) is 5.95. The van der Waals surface area contributed by atoms with E-state index < -0.39 is 15.7 Å². The molecule has 0 aliphatic heterocycles. The van der Waals surface area contributed by atoms with Crippen LogP contribution < -0.4 is 4.72 Å². The number of benzene rings is 1. The first-order valence-electron chi connectivity index (χ1n) is 7.37. The average Bonchev–Trinajstić information content (AvgIpc) is 2.87. The van der Waals surface area contributed by atoms with E-state index in [1.165, 1.54) is 13.1 Å². The van der Waals surface area contributed by atoms with Gasteiger partial charge < -0.3 is 9.88 Å². The zero-order valence-corrected chi connectivity index (χ0v) is 12.7. The fraction of sp³-hybridized carbons (Fsp3) is 0.429. The molecule has 1 aromatic carbocycles. The largest absolute Gasteiger partial charge is 0.361 e. The highest BCUT2D eigenvalue weighted by molar-refractivity contribution is 7.88. The van der Waals surface area contributed by atoms with Crippen LogP contribution in [0.1, 0.15) is 13.9 Å². The molecule has 0 saturated carbocycles. The molecule has 0 atom stereocenters. The lowest BCUT2D eigenvalue weighted by atomic mass is 10.1. The smallest absolute Gasteiger partial charge is 0.215 e. The van der Waals surface area contributed by atoms with Gasteiger partial charge in [0, 0.05) is 26.4 Å². The van der Waals surface area contributed by atoms with E-state index in [9.17, 15) is 8.42 Å². The fourth-order valence-corrected chi connectivity index (χ4v) is 2.54. The number of sulfonamides is 1. The van der Waals surface area contributed by atoms with E-state index in [2.05, 4.69) is 14.6 Å². The zero-order valence-electron chi connectivity index (χ0n) is 13.9. The van der Waals surface area contributed by atoms with E-state index in [4.69, 9.17) is 2.74 Å². The lowest BCUT2D eigenvalue weighted by molar-refractivity contribution is 0.414. The van der Waals surface area contributed by atoms with E-state index in [1.54, 1.807) is 12.1 Å². The summed E-state index contributed by atoms with van der Waals surface area (Å²) in [5.41, 5.74) is -0.440. The SMILES string of the molecule is [2H]C([2H])(c1ccc2[nH]cc(CCN(C)C)c2c1)S(=O)(=O)NC. The van der Waals surface area contributed by atoms with Crippen LogP contribution in [0.5, 0.6) is 0 Å². The Bertz CT molecular complexity index is 769. The molecule has 0 amide bonds. The van der Waals surface area contributed by atoms with Crippen molar-refractivity contribution < 1.29 is 11.2 Å².